The molecule has 0 aliphatic carbocycles. The van der Waals surface area contributed by atoms with Crippen LogP contribution in [0.5, 0.6) is 0 Å². The number of nitrogens with one attached hydrogen (secondary N) is 1. The van der Waals surface area contributed by atoms with Crippen molar-refractivity contribution in [1.29, 1.82) is 0 Å². The highest BCUT2D eigenvalue weighted by Crippen LogP contribution is 2.38. The van der Waals surface area contributed by atoms with Gasteiger partial charge in [-0.3, -0.25) is 0 Å². The average Bonchev–Trinajstić information content (AvgIpc) is 2.67. The van der Waals surface area contributed by atoms with E-state index in [1.165, 1.54) is 0 Å². The number of benzene rings is 1. The van der Waals surface area contributed by atoms with Crippen molar-refractivity contribution in [2.75, 3.05) is 13.6 Å². The Morgan fingerprint density at radius 1 is 1.13 bits per heavy atom. The number of likely N-dealkylation sites (N-methyl/N-ethyl adjacent to an activating group) is 1. The first kappa shape index (κ1) is 18.0. The molecular formula is C19H28BNO2. The van der Waals surface area contributed by atoms with E-state index in [0.29, 0.717) is 0 Å². The predicted octanol–water partition coefficient (Wildman–Crippen LogP) is 3.95. The van der Waals surface area contributed by atoms with Crippen LogP contribution in [0.25, 0.3) is 11.6 Å². The lowest BCUT2D eigenvalue weighted by atomic mass is 9.77. The topological polar surface area (TPSA) is 30.5 Å². The van der Waals surface area contributed by atoms with Gasteiger partial charge in [-0.25, -0.2) is 0 Å². The van der Waals surface area contributed by atoms with Gasteiger partial charge in [0.15, 0.2) is 0 Å². The molecule has 0 bridgehead atoms. The van der Waals surface area contributed by atoms with Crippen LogP contribution >= 0.6 is 0 Å². The van der Waals surface area contributed by atoms with E-state index in [1.54, 1.807) is 0 Å². The maximum absolute atomic E-state index is 6.17. The van der Waals surface area contributed by atoms with Gasteiger partial charge >= 0.3 is 7.12 Å². The van der Waals surface area contributed by atoms with Crippen molar-refractivity contribution in [3.63, 3.8) is 0 Å². The van der Waals surface area contributed by atoms with E-state index in [4.69, 9.17) is 9.31 Å². The van der Waals surface area contributed by atoms with Crippen LogP contribution in [-0.4, -0.2) is 31.9 Å². The molecule has 1 aromatic rings. The van der Waals surface area contributed by atoms with Crippen molar-refractivity contribution in [3.8, 4) is 0 Å². The van der Waals surface area contributed by atoms with E-state index in [2.05, 4.69) is 69.9 Å². The van der Waals surface area contributed by atoms with E-state index in [-0.39, 0.29) is 18.3 Å². The van der Waals surface area contributed by atoms with Gasteiger partial charge < -0.3 is 14.6 Å². The molecule has 23 heavy (non-hydrogen) atoms. The van der Waals surface area contributed by atoms with Gasteiger partial charge in [-0.15, -0.1) is 0 Å². The highest BCUT2D eigenvalue weighted by Gasteiger charge is 2.52. The second kappa shape index (κ2) is 6.64. The van der Waals surface area contributed by atoms with Crippen LogP contribution in [0, 0.1) is 0 Å². The second-order valence-corrected chi connectivity index (χ2v) is 7.24. The minimum Gasteiger partial charge on any atom is -0.400 e. The van der Waals surface area contributed by atoms with Gasteiger partial charge in [-0.05, 0) is 58.3 Å². The number of rotatable bonds is 5. The summed E-state index contributed by atoms with van der Waals surface area (Å²) in [6.07, 6.45) is 2.14. The van der Waals surface area contributed by atoms with Gasteiger partial charge in [0.1, 0.15) is 0 Å². The molecule has 0 radical (unpaired) electrons. The van der Waals surface area contributed by atoms with Crippen LogP contribution in [-0.2, 0) is 9.31 Å². The summed E-state index contributed by atoms with van der Waals surface area (Å²) in [5, 5.41) is 3.21. The van der Waals surface area contributed by atoms with Gasteiger partial charge in [-0.2, -0.15) is 0 Å². The standard InChI is InChI=1S/C19H28BNO2/c1-14(2)16-10-8-15(9-11-16)12-17(13-21-7)20-22-18(3,4)19(5,6)23-20/h8-12,21H,1,13H2,2-7H3. The molecule has 1 heterocycles. The van der Waals surface area contributed by atoms with Gasteiger partial charge in [0.25, 0.3) is 0 Å². The molecule has 4 heteroatoms. The normalized spacial score (nSPS) is 19.9. The summed E-state index contributed by atoms with van der Waals surface area (Å²) in [7, 11) is 1.61. The Hall–Kier alpha value is -1.36. The van der Waals surface area contributed by atoms with Crippen LogP contribution < -0.4 is 5.32 Å². The SMILES string of the molecule is C=C(C)c1ccc(C=C(CNC)B2OC(C)(C)C(C)(C)O2)cc1. The molecule has 1 fully saturated rings. The summed E-state index contributed by atoms with van der Waals surface area (Å²) in [5.41, 5.74) is 3.81. The third-order valence-electron chi connectivity index (χ3n) is 4.69. The van der Waals surface area contributed by atoms with Gasteiger partial charge in [-0.1, -0.05) is 42.5 Å². The van der Waals surface area contributed by atoms with Crippen LogP contribution in [0.15, 0.2) is 36.3 Å². The summed E-state index contributed by atoms with van der Waals surface area (Å²) in [6.45, 7) is 15.0. The van der Waals surface area contributed by atoms with Gasteiger partial charge in [0.05, 0.1) is 11.2 Å². The Bertz CT molecular complexity index is 586. The quantitative estimate of drug-likeness (QED) is 0.835. The van der Waals surface area contributed by atoms with Crippen LogP contribution in [0.4, 0.5) is 0 Å². The van der Waals surface area contributed by atoms with Crippen LogP contribution in [0.2, 0.25) is 0 Å². The maximum atomic E-state index is 6.17. The molecule has 0 amide bonds. The van der Waals surface area contributed by atoms with Crippen molar-refractivity contribution in [2.24, 2.45) is 0 Å². The first-order chi connectivity index (χ1) is 10.7. The summed E-state index contributed by atoms with van der Waals surface area (Å²) in [6, 6.07) is 8.39. The largest absolute Gasteiger partial charge is 0.491 e. The summed E-state index contributed by atoms with van der Waals surface area (Å²) >= 11 is 0. The smallest absolute Gasteiger partial charge is 0.400 e. The van der Waals surface area contributed by atoms with Crippen molar-refractivity contribution in [2.45, 2.75) is 45.8 Å². The molecule has 0 saturated carbocycles. The molecule has 1 aliphatic rings. The summed E-state index contributed by atoms with van der Waals surface area (Å²) in [4.78, 5) is 0. The van der Waals surface area contributed by atoms with E-state index >= 15 is 0 Å². The Morgan fingerprint density at radius 3 is 2.09 bits per heavy atom. The number of hydrogen-bond donors (Lipinski definition) is 1. The highest BCUT2D eigenvalue weighted by atomic mass is 16.7. The van der Waals surface area contributed by atoms with Crippen LogP contribution in [0.3, 0.4) is 0 Å². The summed E-state index contributed by atoms with van der Waals surface area (Å²) in [5.74, 6) is 0. The Labute approximate surface area is 140 Å². The van der Waals surface area contributed by atoms with Gasteiger partial charge in [0.2, 0.25) is 0 Å². The number of allylic oxidation sites excluding steroid dienone is 1. The lowest BCUT2D eigenvalue weighted by Crippen LogP contribution is -2.41. The second-order valence-electron chi connectivity index (χ2n) is 7.24. The molecule has 1 aliphatic heterocycles. The summed E-state index contributed by atoms with van der Waals surface area (Å²) < 4.78 is 12.3. The van der Waals surface area contributed by atoms with Gasteiger partial charge in [0, 0.05) is 6.54 Å². The number of hydrogen-bond acceptors (Lipinski definition) is 3. The fraction of sp³-hybridized carbons (Fsp3) is 0.474. The van der Waals surface area contributed by atoms with E-state index < -0.39 is 0 Å². The zero-order valence-electron chi connectivity index (χ0n) is 15.2. The Morgan fingerprint density at radius 2 is 1.65 bits per heavy atom. The molecule has 3 nitrogen and oxygen atoms in total. The van der Waals surface area contributed by atoms with E-state index in [0.717, 1.165) is 28.7 Å². The lowest BCUT2D eigenvalue weighted by Gasteiger charge is -2.32. The predicted molar refractivity (Wildman–Crippen MR) is 99.1 cm³/mol. The van der Waals surface area contributed by atoms with Crippen molar-refractivity contribution in [1.82, 2.24) is 5.32 Å². The molecule has 1 aromatic carbocycles. The lowest BCUT2D eigenvalue weighted by molar-refractivity contribution is 0.00578. The average molecular weight is 313 g/mol. The molecule has 1 N–H and O–H groups in total. The third-order valence-corrected chi connectivity index (χ3v) is 4.69. The van der Waals surface area contributed by atoms with E-state index in [9.17, 15) is 0 Å². The minimum atomic E-state index is -0.326. The highest BCUT2D eigenvalue weighted by molar-refractivity contribution is 6.55. The molecule has 0 aromatic heterocycles. The monoisotopic (exact) mass is 313 g/mol. The molecule has 124 valence electrons. The molecule has 2 rings (SSSR count). The van der Waals surface area contributed by atoms with E-state index in [1.807, 2.05) is 14.0 Å². The maximum Gasteiger partial charge on any atom is 0.491 e. The third kappa shape index (κ3) is 3.95. The van der Waals surface area contributed by atoms with Crippen molar-refractivity contribution in [3.05, 3.63) is 47.4 Å². The minimum absolute atomic E-state index is 0.325. The zero-order chi connectivity index (χ0) is 17.3. The molecule has 0 atom stereocenters. The van der Waals surface area contributed by atoms with Crippen LogP contribution in [0.1, 0.15) is 45.7 Å². The van der Waals surface area contributed by atoms with Crippen molar-refractivity contribution >= 4 is 18.8 Å². The zero-order valence-corrected chi connectivity index (χ0v) is 15.2. The molecule has 0 unspecified atom stereocenters. The van der Waals surface area contributed by atoms with Crippen molar-refractivity contribution < 1.29 is 9.31 Å². The Balaban J connectivity index is 2.26. The first-order valence-corrected chi connectivity index (χ1v) is 8.13. The molecule has 1 saturated heterocycles. The molecular weight excluding hydrogens is 285 g/mol. The molecule has 0 spiro atoms. The first-order valence-electron chi connectivity index (χ1n) is 8.13. The fourth-order valence-corrected chi connectivity index (χ4v) is 2.48. The fourth-order valence-electron chi connectivity index (χ4n) is 2.48. The Kier molecular flexibility index (Phi) is 5.19.